The van der Waals surface area contributed by atoms with Crippen molar-refractivity contribution in [3.8, 4) is 23.0 Å². The van der Waals surface area contributed by atoms with Crippen LogP contribution in [0.25, 0.3) is 6.08 Å². The van der Waals surface area contributed by atoms with E-state index in [0.29, 0.717) is 28.2 Å². The van der Waals surface area contributed by atoms with Crippen LogP contribution in [0.15, 0.2) is 70.6 Å². The van der Waals surface area contributed by atoms with Crippen molar-refractivity contribution in [3.05, 3.63) is 82.3 Å². The fraction of sp³-hybridized carbons (Fsp3) is 0.267. The summed E-state index contributed by atoms with van der Waals surface area (Å²) in [6.45, 7) is 6.74. The first-order valence-corrected chi connectivity index (χ1v) is 13.3. The molecule has 3 aromatic rings. The smallest absolute Gasteiger partial charge is 0.266 e. The van der Waals surface area contributed by atoms with E-state index in [0.717, 1.165) is 34.7 Å². The summed E-state index contributed by atoms with van der Waals surface area (Å²) in [5.41, 5.74) is 3.79. The van der Waals surface area contributed by atoms with Gasteiger partial charge in [-0.15, -0.1) is 0 Å². The van der Waals surface area contributed by atoms with Crippen LogP contribution in [-0.2, 0) is 11.4 Å². The third kappa shape index (κ3) is 5.50. The fourth-order valence-corrected chi connectivity index (χ4v) is 5.19. The third-order valence-electron chi connectivity index (χ3n) is 6.44. The minimum Gasteiger partial charge on any atom is -0.493 e. The summed E-state index contributed by atoms with van der Waals surface area (Å²) in [5.74, 6) is 2.61. The second-order valence-corrected chi connectivity index (χ2v) is 10.2. The van der Waals surface area contributed by atoms with Gasteiger partial charge in [0.05, 0.1) is 17.7 Å². The number of carbonyl (C=O) groups is 1. The highest BCUT2D eigenvalue weighted by atomic mass is 32.2. The number of rotatable bonds is 8. The molecule has 3 aromatic carbocycles. The van der Waals surface area contributed by atoms with Gasteiger partial charge in [0.15, 0.2) is 28.2 Å². The zero-order valence-electron chi connectivity index (χ0n) is 21.9. The molecule has 7 nitrogen and oxygen atoms in total. The van der Waals surface area contributed by atoms with Gasteiger partial charge < -0.3 is 18.9 Å². The van der Waals surface area contributed by atoms with Gasteiger partial charge in [-0.2, -0.15) is 0 Å². The highest BCUT2D eigenvalue weighted by Gasteiger charge is 2.36. The standard InChI is InChI=1S/C30H30N2O5S/c1-5-20(3)32-29(33)28(38-30(32)31-23-10-6-19(2)7-11-23)16-21-8-12-24(26(14-21)34-4)35-17-22-9-13-25-27(15-22)37-18-36-25/h6-16,20H,5,17-18H2,1-4H3/b28-16+,31-30?/t20-/m0/s1. The van der Waals surface area contributed by atoms with Gasteiger partial charge in [-0.1, -0.05) is 36.8 Å². The summed E-state index contributed by atoms with van der Waals surface area (Å²) in [5, 5.41) is 0.690. The molecule has 0 bridgehead atoms. The molecule has 0 aromatic heterocycles. The van der Waals surface area contributed by atoms with Crippen LogP contribution in [0.3, 0.4) is 0 Å². The molecule has 5 rings (SSSR count). The second-order valence-electron chi connectivity index (χ2n) is 9.16. The molecule has 196 valence electrons. The SMILES string of the molecule is CC[C@H](C)N1C(=O)/C(=C\c2ccc(OCc3ccc4c(c3)OCO4)c(OC)c2)SC1=Nc1ccc(C)cc1. The average molecular weight is 531 g/mol. The molecule has 1 saturated heterocycles. The largest absolute Gasteiger partial charge is 0.493 e. The van der Waals surface area contributed by atoms with Crippen LogP contribution in [0.2, 0.25) is 0 Å². The lowest BCUT2D eigenvalue weighted by molar-refractivity contribution is -0.123. The van der Waals surface area contributed by atoms with Gasteiger partial charge in [0.1, 0.15) is 6.61 Å². The Hall–Kier alpha value is -3.91. The number of ether oxygens (including phenoxy) is 4. The molecule has 0 radical (unpaired) electrons. The molecule has 0 spiro atoms. The normalized spacial score (nSPS) is 17.4. The first-order valence-electron chi connectivity index (χ1n) is 12.5. The molecule has 0 saturated carbocycles. The lowest BCUT2D eigenvalue weighted by Gasteiger charge is -2.22. The molecule has 0 aliphatic carbocycles. The Bertz CT molecular complexity index is 1400. The Morgan fingerprint density at radius 1 is 1.05 bits per heavy atom. The van der Waals surface area contributed by atoms with Gasteiger partial charge in [-0.25, -0.2) is 4.99 Å². The van der Waals surface area contributed by atoms with E-state index in [4.69, 9.17) is 23.9 Å². The highest BCUT2D eigenvalue weighted by molar-refractivity contribution is 8.18. The Morgan fingerprint density at radius 3 is 2.61 bits per heavy atom. The number of thioether (sulfide) groups is 1. The summed E-state index contributed by atoms with van der Waals surface area (Å²) in [6, 6.07) is 19.4. The number of amides is 1. The van der Waals surface area contributed by atoms with Crippen molar-refractivity contribution in [1.82, 2.24) is 4.90 Å². The van der Waals surface area contributed by atoms with Crippen molar-refractivity contribution in [3.63, 3.8) is 0 Å². The molecule has 0 unspecified atom stereocenters. The van der Waals surface area contributed by atoms with Crippen molar-refractivity contribution in [2.24, 2.45) is 4.99 Å². The van der Waals surface area contributed by atoms with Crippen molar-refractivity contribution in [2.45, 2.75) is 39.8 Å². The molecule has 1 fully saturated rings. The number of carbonyl (C=O) groups excluding carboxylic acids is 1. The van der Waals surface area contributed by atoms with Crippen molar-refractivity contribution >= 4 is 34.6 Å². The van der Waals surface area contributed by atoms with Crippen LogP contribution in [0.4, 0.5) is 5.69 Å². The molecular formula is C30H30N2O5S. The summed E-state index contributed by atoms with van der Waals surface area (Å²) in [4.78, 5) is 20.6. The molecule has 1 atom stereocenters. The number of amidine groups is 1. The Morgan fingerprint density at radius 2 is 1.84 bits per heavy atom. The van der Waals surface area contributed by atoms with E-state index in [1.165, 1.54) is 17.3 Å². The predicted octanol–water partition coefficient (Wildman–Crippen LogP) is 6.71. The maximum atomic E-state index is 13.4. The zero-order valence-corrected chi connectivity index (χ0v) is 22.7. The van der Waals surface area contributed by atoms with Crippen LogP contribution >= 0.6 is 11.8 Å². The maximum Gasteiger partial charge on any atom is 0.266 e. The number of nitrogens with zero attached hydrogens (tertiary/aromatic N) is 2. The number of fused-ring (bicyclic) bond motifs is 1. The first kappa shape index (κ1) is 25.7. The number of benzene rings is 3. The summed E-state index contributed by atoms with van der Waals surface area (Å²) in [7, 11) is 1.60. The molecule has 1 amide bonds. The van der Waals surface area contributed by atoms with E-state index in [2.05, 4.69) is 6.92 Å². The first-order chi connectivity index (χ1) is 18.4. The number of hydrogen-bond acceptors (Lipinski definition) is 7. The highest BCUT2D eigenvalue weighted by Crippen LogP contribution is 2.38. The maximum absolute atomic E-state index is 13.4. The van der Waals surface area contributed by atoms with E-state index in [1.54, 1.807) is 12.0 Å². The Balaban J connectivity index is 1.36. The van der Waals surface area contributed by atoms with Crippen LogP contribution < -0.4 is 18.9 Å². The molecular weight excluding hydrogens is 500 g/mol. The van der Waals surface area contributed by atoms with E-state index in [1.807, 2.05) is 80.6 Å². The topological polar surface area (TPSA) is 69.6 Å². The van der Waals surface area contributed by atoms with Crippen LogP contribution in [0.5, 0.6) is 23.0 Å². The molecule has 8 heteroatoms. The van der Waals surface area contributed by atoms with Gasteiger partial charge in [0, 0.05) is 6.04 Å². The molecule has 0 N–H and O–H groups in total. The van der Waals surface area contributed by atoms with Crippen molar-refractivity contribution in [2.75, 3.05) is 13.9 Å². The van der Waals surface area contributed by atoms with E-state index < -0.39 is 0 Å². The molecule has 2 heterocycles. The predicted molar refractivity (Wildman–Crippen MR) is 150 cm³/mol. The minimum absolute atomic E-state index is 0.0339. The van der Waals surface area contributed by atoms with E-state index in [-0.39, 0.29) is 18.7 Å². The number of methoxy groups -OCH3 is 1. The quantitative estimate of drug-likeness (QED) is 0.301. The molecule has 2 aliphatic heterocycles. The summed E-state index contributed by atoms with van der Waals surface area (Å²) >= 11 is 1.39. The summed E-state index contributed by atoms with van der Waals surface area (Å²) < 4.78 is 22.5. The second kappa shape index (κ2) is 11.2. The Kier molecular flexibility index (Phi) is 7.60. The van der Waals surface area contributed by atoms with Gasteiger partial charge in [0.2, 0.25) is 6.79 Å². The number of aliphatic imine (C=N–C) groups is 1. The van der Waals surface area contributed by atoms with Crippen molar-refractivity contribution < 1.29 is 23.7 Å². The number of hydrogen-bond donors (Lipinski definition) is 0. The third-order valence-corrected chi connectivity index (χ3v) is 7.43. The lowest BCUT2D eigenvalue weighted by atomic mass is 10.1. The molecule has 2 aliphatic rings. The van der Waals surface area contributed by atoms with Crippen molar-refractivity contribution in [1.29, 1.82) is 0 Å². The fourth-order valence-electron chi connectivity index (χ4n) is 4.10. The van der Waals surface area contributed by atoms with Gasteiger partial charge in [-0.05, 0) is 85.6 Å². The lowest BCUT2D eigenvalue weighted by Crippen LogP contribution is -2.36. The van der Waals surface area contributed by atoms with Gasteiger partial charge in [0.25, 0.3) is 5.91 Å². The average Bonchev–Trinajstić information content (AvgIpc) is 3.52. The van der Waals surface area contributed by atoms with Crippen LogP contribution in [0, 0.1) is 6.92 Å². The van der Waals surface area contributed by atoms with Crippen LogP contribution in [0.1, 0.15) is 37.0 Å². The Labute approximate surface area is 227 Å². The zero-order chi connectivity index (χ0) is 26.6. The molecule has 38 heavy (non-hydrogen) atoms. The summed E-state index contributed by atoms with van der Waals surface area (Å²) in [6.07, 6.45) is 2.71. The van der Waals surface area contributed by atoms with Gasteiger partial charge in [-0.3, -0.25) is 9.69 Å². The van der Waals surface area contributed by atoms with E-state index >= 15 is 0 Å². The number of aryl methyl sites for hydroxylation is 1. The van der Waals surface area contributed by atoms with E-state index in [9.17, 15) is 4.79 Å². The minimum atomic E-state index is -0.0442. The van der Waals surface area contributed by atoms with Crippen LogP contribution in [-0.4, -0.2) is 35.9 Å². The monoisotopic (exact) mass is 530 g/mol. The van der Waals surface area contributed by atoms with Gasteiger partial charge >= 0.3 is 0 Å².